The molecule has 0 saturated heterocycles. The maximum absolute atomic E-state index is 8.89. The minimum Gasteiger partial charge on any atom is -0.312 e. The smallest absolute Gasteiger partial charge is 0.239 e. The zero-order valence-corrected chi connectivity index (χ0v) is 10.9. The standard InChI is InChI=1S/C14H19ClN2/c1-17-14-7-6-12(8-13(14)15)11-4-2-10(9-16)3-5-11/h10-14H,2-8H2. The average Bonchev–Trinajstić information content (AvgIpc) is 2.39. The monoisotopic (exact) mass is 250 g/mol. The Hall–Kier alpha value is -0.730. The highest BCUT2D eigenvalue weighted by Gasteiger charge is 2.37. The quantitative estimate of drug-likeness (QED) is 0.510. The minimum atomic E-state index is 0.0448. The fraction of sp³-hybridized carbons (Fsp3) is 0.857. The van der Waals surface area contributed by atoms with Gasteiger partial charge in [0.05, 0.1) is 6.07 Å². The van der Waals surface area contributed by atoms with Crippen LogP contribution in [0.4, 0.5) is 0 Å². The molecule has 3 heteroatoms. The van der Waals surface area contributed by atoms with Gasteiger partial charge in [0.2, 0.25) is 6.04 Å². The number of hydrogen-bond donors (Lipinski definition) is 0. The Balaban J connectivity index is 1.85. The molecule has 0 N–H and O–H groups in total. The molecule has 0 heterocycles. The van der Waals surface area contributed by atoms with Gasteiger partial charge >= 0.3 is 0 Å². The molecular weight excluding hydrogens is 232 g/mol. The summed E-state index contributed by atoms with van der Waals surface area (Å²) in [6.45, 7) is 7.09. The largest absolute Gasteiger partial charge is 0.312 e. The lowest BCUT2D eigenvalue weighted by atomic mass is 9.70. The van der Waals surface area contributed by atoms with E-state index in [9.17, 15) is 0 Å². The highest BCUT2D eigenvalue weighted by molar-refractivity contribution is 6.21. The number of halogens is 1. The predicted octanol–water partition coefficient (Wildman–Crippen LogP) is 4.01. The summed E-state index contributed by atoms with van der Waals surface area (Å²) in [6, 6.07) is 2.43. The van der Waals surface area contributed by atoms with Gasteiger partial charge in [-0.15, -0.1) is 11.6 Å². The summed E-state index contributed by atoms with van der Waals surface area (Å²) in [6.07, 6.45) is 7.66. The Morgan fingerprint density at radius 3 is 2.24 bits per heavy atom. The van der Waals surface area contributed by atoms with Gasteiger partial charge in [-0.3, -0.25) is 0 Å². The number of nitrogens with zero attached hydrogens (tertiary/aromatic N) is 2. The molecule has 0 aromatic heterocycles. The van der Waals surface area contributed by atoms with Crippen molar-refractivity contribution in [1.82, 2.24) is 0 Å². The van der Waals surface area contributed by atoms with Gasteiger partial charge in [0, 0.05) is 12.3 Å². The number of nitriles is 1. The molecule has 0 amide bonds. The molecule has 2 nitrogen and oxygen atoms in total. The molecule has 0 aromatic rings. The molecule has 3 atom stereocenters. The van der Waals surface area contributed by atoms with Crippen LogP contribution in [0.2, 0.25) is 0 Å². The minimum absolute atomic E-state index is 0.0448. The zero-order valence-electron chi connectivity index (χ0n) is 10.1. The first-order valence-corrected chi connectivity index (χ1v) is 7.08. The van der Waals surface area contributed by atoms with Crippen molar-refractivity contribution in [2.75, 3.05) is 0 Å². The summed E-state index contributed by atoms with van der Waals surface area (Å²) in [7, 11) is 0. The average molecular weight is 251 g/mol. The third-order valence-corrected chi connectivity index (χ3v) is 5.03. The molecule has 2 aliphatic rings. The lowest BCUT2D eigenvalue weighted by Gasteiger charge is -2.35. The predicted molar refractivity (Wildman–Crippen MR) is 68.4 cm³/mol. The molecule has 0 aliphatic heterocycles. The molecule has 0 aromatic carbocycles. The van der Waals surface area contributed by atoms with Gasteiger partial charge in [-0.25, -0.2) is 6.57 Å². The number of rotatable bonds is 1. The Morgan fingerprint density at radius 2 is 1.71 bits per heavy atom. The molecule has 2 aliphatic carbocycles. The first-order valence-electron chi connectivity index (χ1n) is 6.64. The molecule has 0 radical (unpaired) electrons. The third kappa shape index (κ3) is 2.93. The zero-order chi connectivity index (χ0) is 12.3. The lowest BCUT2D eigenvalue weighted by Crippen LogP contribution is -2.32. The van der Waals surface area contributed by atoms with Crippen LogP contribution < -0.4 is 0 Å². The van der Waals surface area contributed by atoms with Crippen molar-refractivity contribution in [3.8, 4) is 6.07 Å². The van der Waals surface area contributed by atoms with Gasteiger partial charge < -0.3 is 4.85 Å². The Labute approximate surface area is 109 Å². The van der Waals surface area contributed by atoms with Crippen molar-refractivity contribution in [2.24, 2.45) is 17.8 Å². The first-order chi connectivity index (χ1) is 8.24. The second kappa shape index (κ2) is 5.74. The van der Waals surface area contributed by atoms with Gasteiger partial charge in [0.1, 0.15) is 5.38 Å². The maximum Gasteiger partial charge on any atom is 0.239 e. The second-order valence-electron chi connectivity index (χ2n) is 5.53. The molecule has 0 spiro atoms. The summed E-state index contributed by atoms with van der Waals surface area (Å²) in [4.78, 5) is 3.61. The van der Waals surface area contributed by atoms with Gasteiger partial charge in [0.15, 0.2) is 0 Å². The van der Waals surface area contributed by atoms with Crippen molar-refractivity contribution in [3.63, 3.8) is 0 Å². The SMILES string of the molecule is [C-]#[N+]C1CCC(C2CCC(C#N)CC2)CC1Cl. The van der Waals surface area contributed by atoms with E-state index in [-0.39, 0.29) is 17.3 Å². The van der Waals surface area contributed by atoms with Crippen LogP contribution in [0.15, 0.2) is 0 Å². The van der Waals surface area contributed by atoms with Crippen LogP contribution in [0, 0.1) is 35.7 Å². The molecule has 2 fully saturated rings. The molecule has 0 bridgehead atoms. The van der Waals surface area contributed by atoms with E-state index in [2.05, 4.69) is 10.9 Å². The Kier molecular flexibility index (Phi) is 4.30. The van der Waals surface area contributed by atoms with E-state index in [0.29, 0.717) is 5.92 Å². The lowest BCUT2D eigenvalue weighted by molar-refractivity contribution is 0.181. The van der Waals surface area contributed by atoms with Crippen LogP contribution in [0.3, 0.4) is 0 Å². The van der Waals surface area contributed by atoms with Crippen LogP contribution in [-0.2, 0) is 0 Å². The highest BCUT2D eigenvalue weighted by atomic mass is 35.5. The van der Waals surface area contributed by atoms with Crippen molar-refractivity contribution in [2.45, 2.75) is 56.4 Å². The number of hydrogen-bond acceptors (Lipinski definition) is 1. The van der Waals surface area contributed by atoms with Crippen LogP contribution >= 0.6 is 11.6 Å². The summed E-state index contributed by atoms with van der Waals surface area (Å²) in [5, 5.41) is 8.95. The molecule has 2 rings (SSSR count). The topological polar surface area (TPSA) is 28.1 Å². The van der Waals surface area contributed by atoms with Crippen molar-refractivity contribution in [1.29, 1.82) is 5.26 Å². The Bertz CT molecular complexity index is 333. The fourth-order valence-corrected chi connectivity index (χ4v) is 3.83. The molecule has 2 saturated carbocycles. The van der Waals surface area contributed by atoms with Crippen LogP contribution in [0.25, 0.3) is 4.85 Å². The van der Waals surface area contributed by atoms with Crippen LogP contribution in [0.5, 0.6) is 0 Å². The first kappa shape index (κ1) is 12.7. The van der Waals surface area contributed by atoms with Gasteiger partial charge in [0.25, 0.3) is 0 Å². The molecule has 92 valence electrons. The second-order valence-corrected chi connectivity index (χ2v) is 6.09. The normalized spacial score (nSPS) is 42.4. The Morgan fingerprint density at radius 1 is 1.06 bits per heavy atom. The fourth-order valence-electron chi connectivity index (χ4n) is 3.42. The van der Waals surface area contributed by atoms with E-state index in [1.54, 1.807) is 0 Å². The number of alkyl halides is 1. The summed E-state index contributed by atoms with van der Waals surface area (Å²) in [5.41, 5.74) is 0. The van der Waals surface area contributed by atoms with E-state index in [1.807, 2.05) is 0 Å². The van der Waals surface area contributed by atoms with Crippen LogP contribution in [-0.4, -0.2) is 11.4 Å². The van der Waals surface area contributed by atoms with E-state index in [0.717, 1.165) is 38.0 Å². The van der Waals surface area contributed by atoms with Gasteiger partial charge in [-0.05, 0) is 50.4 Å². The van der Waals surface area contributed by atoms with Crippen molar-refractivity contribution < 1.29 is 0 Å². The van der Waals surface area contributed by atoms with Gasteiger partial charge in [-0.1, -0.05) is 0 Å². The highest BCUT2D eigenvalue weighted by Crippen LogP contribution is 2.41. The molecule has 3 unspecified atom stereocenters. The van der Waals surface area contributed by atoms with E-state index in [1.165, 1.54) is 12.8 Å². The summed E-state index contributed by atoms with van der Waals surface area (Å²) < 4.78 is 0. The molecule has 17 heavy (non-hydrogen) atoms. The van der Waals surface area contributed by atoms with E-state index >= 15 is 0 Å². The van der Waals surface area contributed by atoms with E-state index < -0.39 is 0 Å². The summed E-state index contributed by atoms with van der Waals surface area (Å²) in [5.74, 6) is 1.75. The molecular formula is C14H19ClN2. The van der Waals surface area contributed by atoms with Gasteiger partial charge in [-0.2, -0.15) is 5.26 Å². The van der Waals surface area contributed by atoms with Crippen molar-refractivity contribution in [3.05, 3.63) is 11.4 Å². The maximum atomic E-state index is 8.89. The van der Waals surface area contributed by atoms with Crippen LogP contribution in [0.1, 0.15) is 44.9 Å². The van der Waals surface area contributed by atoms with Crippen molar-refractivity contribution >= 4 is 11.6 Å². The summed E-state index contributed by atoms with van der Waals surface area (Å²) >= 11 is 6.29. The van der Waals surface area contributed by atoms with E-state index in [4.69, 9.17) is 23.4 Å². The third-order valence-electron chi connectivity index (χ3n) is 4.57.